The molecule has 0 aliphatic heterocycles. The summed E-state index contributed by atoms with van der Waals surface area (Å²) in [6.07, 6.45) is -18.7. The minimum atomic E-state index is -5.25. The maximum atomic E-state index is 14.9. The second-order valence-corrected chi connectivity index (χ2v) is 14.2. The summed E-state index contributed by atoms with van der Waals surface area (Å²) in [7, 11) is 1.24. The van der Waals surface area contributed by atoms with E-state index >= 15 is 0 Å². The smallest absolute Gasteiger partial charge is 0.496 e. The Bertz CT molecular complexity index is 1960. The molecule has 5 nitrogen and oxygen atoms in total. The Morgan fingerprint density at radius 3 is 1.82 bits per heavy atom. The highest BCUT2D eigenvalue weighted by Crippen LogP contribution is 2.41. The van der Waals surface area contributed by atoms with Gasteiger partial charge >= 0.3 is 24.7 Å². The van der Waals surface area contributed by atoms with Gasteiger partial charge in [0.2, 0.25) is 0 Å². The van der Waals surface area contributed by atoms with Gasteiger partial charge in [0.15, 0.2) is 0 Å². The molecule has 0 fully saturated rings. The fraction of sp³-hybridized carbons (Fsp3) is 0.375. The molecule has 0 amide bonds. The van der Waals surface area contributed by atoms with Gasteiger partial charge in [0.25, 0.3) is 0 Å². The highest BCUT2D eigenvalue weighted by atomic mass is 19.4. The van der Waals surface area contributed by atoms with Crippen LogP contribution in [-0.4, -0.2) is 19.3 Å². The fourth-order valence-corrected chi connectivity index (χ4v) is 5.95. The van der Waals surface area contributed by atoms with Crippen LogP contribution in [-0.2, 0) is 35.2 Å². The third-order valence-corrected chi connectivity index (χ3v) is 8.78. The Kier molecular flexibility index (Phi) is 12.6. The van der Waals surface area contributed by atoms with E-state index in [2.05, 4.69) is 5.32 Å². The third-order valence-electron chi connectivity index (χ3n) is 8.78. The van der Waals surface area contributed by atoms with Gasteiger partial charge in [-0.05, 0) is 83.0 Å². The summed E-state index contributed by atoms with van der Waals surface area (Å²) in [6, 6.07) is 10.9. The monoisotopic (exact) mass is 787 g/mol. The Balaban J connectivity index is 1.83. The summed E-state index contributed by atoms with van der Waals surface area (Å²) in [5.41, 5.74) is -4.67. The quantitative estimate of drug-likeness (QED) is 0.0985. The number of methoxy groups -OCH3 is 1. The van der Waals surface area contributed by atoms with Crippen molar-refractivity contribution >= 4 is 6.16 Å². The molecule has 0 saturated carbocycles. The number of hydrogen-bond donors (Lipinski definition) is 1. The van der Waals surface area contributed by atoms with E-state index < -0.39 is 76.9 Å². The largest absolute Gasteiger partial charge is 0.514 e. The third kappa shape index (κ3) is 10.5. The lowest BCUT2D eigenvalue weighted by Crippen LogP contribution is -2.35. The maximum absolute atomic E-state index is 14.9. The van der Waals surface area contributed by atoms with Gasteiger partial charge < -0.3 is 19.5 Å². The van der Waals surface area contributed by atoms with Crippen LogP contribution in [0.15, 0.2) is 72.8 Å². The van der Waals surface area contributed by atoms with Crippen LogP contribution in [0.3, 0.4) is 0 Å². The molecule has 0 saturated heterocycles. The van der Waals surface area contributed by atoms with Crippen molar-refractivity contribution in [1.29, 1.82) is 0 Å². The molecule has 0 aliphatic carbocycles. The number of nitrogens with one attached hydrogen (secondary N) is 1. The van der Waals surface area contributed by atoms with Crippen molar-refractivity contribution < 1.29 is 62.9 Å². The van der Waals surface area contributed by atoms with Crippen LogP contribution < -0.4 is 14.8 Å². The number of hydrogen-bond acceptors (Lipinski definition) is 5. The minimum absolute atomic E-state index is 0.0147. The van der Waals surface area contributed by atoms with Crippen LogP contribution >= 0.6 is 0 Å². The molecule has 15 heteroatoms. The molecule has 2 atom stereocenters. The van der Waals surface area contributed by atoms with Crippen molar-refractivity contribution in [3.8, 4) is 22.6 Å². The second kappa shape index (κ2) is 16.1. The number of halogens is 10. The molecule has 298 valence electrons. The van der Waals surface area contributed by atoms with Gasteiger partial charge in [0.1, 0.15) is 23.4 Å². The first-order chi connectivity index (χ1) is 25.3. The molecular weight excluding hydrogens is 748 g/mol. The van der Waals surface area contributed by atoms with Gasteiger partial charge in [0, 0.05) is 29.8 Å². The van der Waals surface area contributed by atoms with Crippen molar-refractivity contribution in [3.63, 3.8) is 0 Å². The SMILES string of the molecule is COc1cc(F)c(C(C)C)cc1-c1ccc(C(F)(F)F)cc1CN[C@@H](C)[C@H](OC(=O)Oc1ccccc1C(C)(C)C)c1cc(C(F)(F)F)cc(C(F)(F)F)c1. The summed E-state index contributed by atoms with van der Waals surface area (Å²) in [5, 5.41) is 2.82. The number of carbonyl (C=O) groups excluding carboxylic acids is 1. The zero-order valence-electron chi connectivity index (χ0n) is 30.8. The standard InChI is InChI=1S/C40H39F10NO4/c1-21(2)29-18-30(34(53-7)19-32(29)41)28-13-12-25(38(42,43)44)16-24(28)20-51-22(3)35(23-14-26(39(45,46)47)17-27(15-23)40(48,49)50)55-36(52)54-33-11-9-8-10-31(33)37(4,5)6/h8-19,21-22,35,51H,20H2,1-7H3/t22-,35-/m0/s1. The molecule has 4 rings (SSSR count). The first-order valence-electron chi connectivity index (χ1n) is 16.9. The molecule has 0 bridgehead atoms. The van der Waals surface area contributed by atoms with E-state index in [-0.39, 0.29) is 45.7 Å². The first-order valence-corrected chi connectivity index (χ1v) is 16.9. The van der Waals surface area contributed by atoms with Gasteiger partial charge in [-0.2, -0.15) is 39.5 Å². The molecule has 0 radical (unpaired) electrons. The predicted molar refractivity (Wildman–Crippen MR) is 185 cm³/mol. The van der Waals surface area contributed by atoms with E-state index in [1.54, 1.807) is 26.0 Å². The summed E-state index contributed by atoms with van der Waals surface area (Å²) in [4.78, 5) is 13.3. The predicted octanol–water partition coefficient (Wildman–Crippen LogP) is 12.4. The average Bonchev–Trinajstić information content (AvgIpc) is 3.07. The van der Waals surface area contributed by atoms with Gasteiger partial charge in [-0.15, -0.1) is 0 Å². The number of carbonyl (C=O) groups is 1. The summed E-state index contributed by atoms with van der Waals surface area (Å²) >= 11 is 0. The molecule has 0 heterocycles. The van der Waals surface area contributed by atoms with Gasteiger partial charge in [-0.1, -0.05) is 58.9 Å². The van der Waals surface area contributed by atoms with Crippen molar-refractivity contribution in [3.05, 3.63) is 118 Å². The molecular formula is C40H39F10NO4. The lowest BCUT2D eigenvalue weighted by atomic mass is 9.86. The molecule has 1 N–H and O–H groups in total. The van der Waals surface area contributed by atoms with Gasteiger partial charge in [0.05, 0.1) is 23.8 Å². The topological polar surface area (TPSA) is 56.8 Å². The number of ether oxygens (including phenoxy) is 3. The molecule has 0 spiro atoms. The summed E-state index contributed by atoms with van der Waals surface area (Å²) in [6.45, 7) is 9.60. The van der Waals surface area contributed by atoms with E-state index in [4.69, 9.17) is 14.2 Å². The van der Waals surface area contributed by atoms with Crippen LogP contribution in [0.25, 0.3) is 11.1 Å². The van der Waals surface area contributed by atoms with Crippen LogP contribution in [0, 0.1) is 5.82 Å². The molecule has 4 aromatic rings. The molecule has 4 aromatic carbocycles. The van der Waals surface area contributed by atoms with Crippen molar-refractivity contribution in [1.82, 2.24) is 5.32 Å². The minimum Gasteiger partial charge on any atom is -0.496 e. The lowest BCUT2D eigenvalue weighted by molar-refractivity contribution is -0.143. The fourth-order valence-electron chi connectivity index (χ4n) is 5.95. The Morgan fingerprint density at radius 1 is 0.709 bits per heavy atom. The zero-order chi connectivity index (χ0) is 41.3. The summed E-state index contributed by atoms with van der Waals surface area (Å²) in [5.74, 6) is -0.962. The van der Waals surface area contributed by atoms with Crippen LogP contribution in [0.2, 0.25) is 0 Å². The highest BCUT2D eigenvalue weighted by molar-refractivity contribution is 5.75. The first kappa shape index (κ1) is 42.9. The zero-order valence-corrected chi connectivity index (χ0v) is 30.8. The van der Waals surface area contributed by atoms with Crippen LogP contribution in [0.4, 0.5) is 48.7 Å². The van der Waals surface area contributed by atoms with Crippen molar-refractivity contribution in [2.45, 2.75) is 90.1 Å². The Morgan fingerprint density at radius 2 is 1.29 bits per heavy atom. The average molecular weight is 788 g/mol. The van der Waals surface area contributed by atoms with Crippen molar-refractivity contribution in [2.24, 2.45) is 0 Å². The Hall–Kier alpha value is -4.79. The van der Waals surface area contributed by atoms with Gasteiger partial charge in [-0.3, -0.25) is 0 Å². The number of alkyl halides is 9. The van der Waals surface area contributed by atoms with Crippen LogP contribution in [0.5, 0.6) is 11.5 Å². The summed E-state index contributed by atoms with van der Waals surface area (Å²) < 4.78 is 157. The molecule has 0 aliphatic rings. The van der Waals surface area contributed by atoms with E-state index in [1.165, 1.54) is 32.2 Å². The normalized spacial score (nSPS) is 13.8. The number of benzene rings is 4. The molecule has 0 unspecified atom stereocenters. The second-order valence-electron chi connectivity index (χ2n) is 14.2. The number of para-hydroxylation sites is 1. The van der Waals surface area contributed by atoms with Crippen molar-refractivity contribution in [2.75, 3.05) is 7.11 Å². The van der Waals surface area contributed by atoms with Crippen LogP contribution in [0.1, 0.15) is 92.5 Å². The van der Waals surface area contributed by atoms with E-state index in [9.17, 15) is 48.7 Å². The highest BCUT2D eigenvalue weighted by Gasteiger charge is 2.39. The van der Waals surface area contributed by atoms with E-state index in [0.29, 0.717) is 17.7 Å². The van der Waals surface area contributed by atoms with Gasteiger partial charge in [-0.25, -0.2) is 9.18 Å². The molecule has 0 aromatic heterocycles. The molecule has 55 heavy (non-hydrogen) atoms. The van der Waals surface area contributed by atoms with E-state index in [0.717, 1.165) is 24.3 Å². The maximum Gasteiger partial charge on any atom is 0.514 e. The lowest BCUT2D eigenvalue weighted by Gasteiger charge is -2.28. The van der Waals surface area contributed by atoms with E-state index in [1.807, 2.05) is 20.8 Å². The number of rotatable bonds is 10. The Labute approximate surface area is 311 Å².